The molecule has 94 valence electrons. The summed E-state index contributed by atoms with van der Waals surface area (Å²) in [5, 5.41) is 10.1. The maximum atomic E-state index is 12.2. The first-order chi connectivity index (χ1) is 8.34. The molecule has 0 unspecified atom stereocenters. The first-order valence-electron chi connectivity index (χ1n) is 5.37. The second kappa shape index (κ2) is 4.14. The number of carboxylic acid groups (broad SMARTS) is 1. The summed E-state index contributed by atoms with van der Waals surface area (Å²) in [6, 6.07) is 3.29. The van der Waals surface area contributed by atoms with Crippen LogP contribution in [0.2, 0.25) is 5.02 Å². The Morgan fingerprint density at radius 1 is 1.33 bits per heavy atom. The summed E-state index contributed by atoms with van der Waals surface area (Å²) in [4.78, 5) is 23.4. The van der Waals surface area contributed by atoms with Crippen LogP contribution in [0.4, 0.5) is 0 Å². The van der Waals surface area contributed by atoms with E-state index < -0.39 is 5.97 Å². The lowest BCUT2D eigenvalue weighted by atomic mass is 10.1. The van der Waals surface area contributed by atoms with Gasteiger partial charge in [-0.05, 0) is 31.5 Å². The molecule has 2 rings (SSSR count). The highest BCUT2D eigenvalue weighted by molar-refractivity contribution is 6.31. The third kappa shape index (κ3) is 1.69. The van der Waals surface area contributed by atoms with Gasteiger partial charge in [0.15, 0.2) is 5.43 Å². The molecule has 2 aromatic rings. The quantitative estimate of drug-likeness (QED) is 0.862. The van der Waals surface area contributed by atoms with E-state index in [0.29, 0.717) is 15.9 Å². The van der Waals surface area contributed by atoms with Crippen LogP contribution >= 0.6 is 11.6 Å². The molecule has 1 aromatic heterocycles. The van der Waals surface area contributed by atoms with Crippen LogP contribution in [0.5, 0.6) is 0 Å². The van der Waals surface area contributed by atoms with Crippen LogP contribution in [0, 0.1) is 13.8 Å². The molecule has 1 heterocycles. The van der Waals surface area contributed by atoms with Crippen molar-refractivity contribution in [3.05, 3.63) is 44.2 Å². The molecule has 5 heteroatoms. The van der Waals surface area contributed by atoms with E-state index in [-0.39, 0.29) is 16.7 Å². The number of rotatable bonds is 1. The number of halogens is 1. The largest absolute Gasteiger partial charge is 0.477 e. The SMILES string of the molecule is Cc1c(C(=O)O)n(C)c2c(C)cc(Cl)cc2c1=O. The Labute approximate surface area is 108 Å². The monoisotopic (exact) mass is 265 g/mol. The Morgan fingerprint density at radius 2 is 1.94 bits per heavy atom. The second-order valence-electron chi connectivity index (χ2n) is 4.29. The molecule has 0 amide bonds. The number of aromatic carboxylic acids is 1. The zero-order valence-corrected chi connectivity index (χ0v) is 11.0. The average molecular weight is 266 g/mol. The van der Waals surface area contributed by atoms with E-state index in [0.717, 1.165) is 5.56 Å². The van der Waals surface area contributed by atoms with Gasteiger partial charge in [0.05, 0.1) is 5.52 Å². The molecule has 0 fully saturated rings. The molecule has 0 saturated carbocycles. The van der Waals surface area contributed by atoms with E-state index in [1.54, 1.807) is 26.1 Å². The summed E-state index contributed by atoms with van der Waals surface area (Å²) in [5.41, 5.74) is 1.33. The van der Waals surface area contributed by atoms with E-state index >= 15 is 0 Å². The number of aromatic nitrogens is 1. The van der Waals surface area contributed by atoms with Crippen molar-refractivity contribution in [1.29, 1.82) is 0 Å². The molecule has 0 spiro atoms. The Morgan fingerprint density at radius 3 is 2.50 bits per heavy atom. The van der Waals surface area contributed by atoms with E-state index in [4.69, 9.17) is 11.6 Å². The van der Waals surface area contributed by atoms with Crippen LogP contribution < -0.4 is 5.43 Å². The van der Waals surface area contributed by atoms with Crippen molar-refractivity contribution in [2.24, 2.45) is 7.05 Å². The molecular weight excluding hydrogens is 254 g/mol. The predicted molar refractivity (Wildman–Crippen MR) is 70.6 cm³/mol. The number of pyridine rings is 1. The minimum atomic E-state index is -1.11. The number of nitrogens with zero attached hydrogens (tertiary/aromatic N) is 1. The van der Waals surface area contributed by atoms with Crippen LogP contribution in [-0.2, 0) is 7.05 Å². The Hall–Kier alpha value is -1.81. The van der Waals surface area contributed by atoms with Crippen LogP contribution in [-0.4, -0.2) is 15.6 Å². The number of carboxylic acids is 1. The first kappa shape index (κ1) is 12.6. The van der Waals surface area contributed by atoms with Crippen molar-refractivity contribution in [1.82, 2.24) is 4.57 Å². The number of benzene rings is 1. The van der Waals surface area contributed by atoms with Crippen LogP contribution in [0.3, 0.4) is 0 Å². The molecule has 0 aliphatic rings. The third-order valence-corrected chi connectivity index (χ3v) is 3.30. The lowest BCUT2D eigenvalue weighted by Gasteiger charge is -2.14. The average Bonchev–Trinajstić information content (AvgIpc) is 2.24. The van der Waals surface area contributed by atoms with Gasteiger partial charge in [0.2, 0.25) is 0 Å². The van der Waals surface area contributed by atoms with Crippen molar-refractivity contribution in [2.45, 2.75) is 13.8 Å². The van der Waals surface area contributed by atoms with E-state index in [1.165, 1.54) is 11.5 Å². The van der Waals surface area contributed by atoms with Gasteiger partial charge in [-0.15, -0.1) is 0 Å². The van der Waals surface area contributed by atoms with Gasteiger partial charge in [0.25, 0.3) is 0 Å². The fourth-order valence-electron chi connectivity index (χ4n) is 2.33. The zero-order valence-electron chi connectivity index (χ0n) is 10.2. The van der Waals surface area contributed by atoms with Gasteiger partial charge in [-0.25, -0.2) is 4.79 Å². The van der Waals surface area contributed by atoms with Crippen LogP contribution in [0.15, 0.2) is 16.9 Å². The molecule has 18 heavy (non-hydrogen) atoms. The van der Waals surface area contributed by atoms with Gasteiger partial charge in [0, 0.05) is 23.0 Å². The third-order valence-electron chi connectivity index (χ3n) is 3.08. The number of hydrogen-bond acceptors (Lipinski definition) is 2. The Balaban J connectivity index is 3.13. The van der Waals surface area contributed by atoms with E-state index in [2.05, 4.69) is 0 Å². The molecule has 0 aliphatic heterocycles. The zero-order chi connectivity index (χ0) is 13.6. The Bertz CT molecular complexity index is 731. The molecule has 0 radical (unpaired) electrons. The Kier molecular flexibility index (Phi) is 2.91. The first-order valence-corrected chi connectivity index (χ1v) is 5.75. The smallest absolute Gasteiger partial charge is 0.352 e. The highest BCUT2D eigenvalue weighted by atomic mass is 35.5. The highest BCUT2D eigenvalue weighted by Crippen LogP contribution is 2.23. The number of aryl methyl sites for hydroxylation is 2. The van der Waals surface area contributed by atoms with Crippen molar-refractivity contribution >= 4 is 28.5 Å². The lowest BCUT2D eigenvalue weighted by Crippen LogP contribution is -2.21. The second-order valence-corrected chi connectivity index (χ2v) is 4.72. The van der Waals surface area contributed by atoms with Gasteiger partial charge >= 0.3 is 5.97 Å². The predicted octanol–water partition coefficient (Wildman–Crippen LogP) is 2.51. The summed E-state index contributed by atoms with van der Waals surface area (Å²) in [6.45, 7) is 3.32. The molecule has 0 saturated heterocycles. The summed E-state index contributed by atoms with van der Waals surface area (Å²) in [6.07, 6.45) is 0. The topological polar surface area (TPSA) is 59.3 Å². The molecule has 1 N–H and O–H groups in total. The minimum Gasteiger partial charge on any atom is -0.477 e. The van der Waals surface area contributed by atoms with Gasteiger partial charge in [-0.3, -0.25) is 4.79 Å². The van der Waals surface area contributed by atoms with Gasteiger partial charge in [-0.2, -0.15) is 0 Å². The number of hydrogen-bond donors (Lipinski definition) is 1. The van der Waals surface area contributed by atoms with Gasteiger partial charge in [0.1, 0.15) is 5.69 Å². The van der Waals surface area contributed by atoms with Gasteiger partial charge < -0.3 is 9.67 Å². The van der Waals surface area contributed by atoms with Crippen LogP contribution in [0.25, 0.3) is 10.9 Å². The standard InChI is InChI=1S/C13H12ClNO3/c1-6-4-8(14)5-9-10(6)15(3)11(13(17)18)7(2)12(9)16/h4-5H,1-3H3,(H,17,18). The molecule has 0 aliphatic carbocycles. The maximum absolute atomic E-state index is 12.2. The lowest BCUT2D eigenvalue weighted by molar-refractivity contribution is 0.0685. The summed E-state index contributed by atoms with van der Waals surface area (Å²) < 4.78 is 1.53. The maximum Gasteiger partial charge on any atom is 0.352 e. The van der Waals surface area contributed by atoms with Gasteiger partial charge in [-0.1, -0.05) is 11.6 Å². The van der Waals surface area contributed by atoms with Crippen molar-refractivity contribution in [3.63, 3.8) is 0 Å². The van der Waals surface area contributed by atoms with Crippen molar-refractivity contribution < 1.29 is 9.90 Å². The summed E-state index contributed by atoms with van der Waals surface area (Å²) in [7, 11) is 1.64. The highest BCUT2D eigenvalue weighted by Gasteiger charge is 2.18. The number of fused-ring (bicyclic) bond motifs is 1. The van der Waals surface area contributed by atoms with Crippen molar-refractivity contribution in [2.75, 3.05) is 0 Å². The molecule has 0 atom stereocenters. The summed E-state index contributed by atoms with van der Waals surface area (Å²) >= 11 is 5.94. The van der Waals surface area contributed by atoms with E-state index in [1.807, 2.05) is 0 Å². The normalized spacial score (nSPS) is 10.9. The molecule has 4 nitrogen and oxygen atoms in total. The fraction of sp³-hybridized carbons (Fsp3) is 0.231. The van der Waals surface area contributed by atoms with Crippen molar-refractivity contribution in [3.8, 4) is 0 Å². The summed E-state index contributed by atoms with van der Waals surface area (Å²) in [5.74, 6) is -1.11. The molecule has 0 bridgehead atoms. The number of carbonyl (C=O) groups is 1. The molecular formula is C13H12ClNO3. The van der Waals surface area contributed by atoms with E-state index in [9.17, 15) is 14.7 Å². The molecule has 1 aromatic carbocycles. The minimum absolute atomic E-state index is 0.0120. The van der Waals surface area contributed by atoms with Crippen LogP contribution in [0.1, 0.15) is 21.6 Å². The fourth-order valence-corrected chi connectivity index (χ4v) is 2.60.